The number of carbonyl (C=O) groups excluding carboxylic acids is 2. The van der Waals surface area contributed by atoms with Gasteiger partial charge in [0.2, 0.25) is 5.91 Å². The Bertz CT molecular complexity index is 553. The van der Waals surface area contributed by atoms with Crippen molar-refractivity contribution < 1.29 is 9.59 Å². The third-order valence-electron chi connectivity index (χ3n) is 2.64. The van der Waals surface area contributed by atoms with Crippen LogP contribution in [0.15, 0.2) is 54.9 Å². The number of ketones is 1. The van der Waals surface area contributed by atoms with Gasteiger partial charge in [0.1, 0.15) is 0 Å². The second-order valence-corrected chi connectivity index (χ2v) is 4.07. The van der Waals surface area contributed by atoms with Gasteiger partial charge in [-0.25, -0.2) is 0 Å². The van der Waals surface area contributed by atoms with E-state index < -0.39 is 0 Å². The third-order valence-corrected chi connectivity index (χ3v) is 2.64. The van der Waals surface area contributed by atoms with E-state index in [4.69, 9.17) is 0 Å². The van der Waals surface area contributed by atoms with E-state index in [1.807, 2.05) is 18.2 Å². The van der Waals surface area contributed by atoms with Crippen LogP contribution < -0.4 is 5.32 Å². The summed E-state index contributed by atoms with van der Waals surface area (Å²) in [7, 11) is 0. The zero-order valence-corrected chi connectivity index (χ0v) is 10.4. The highest BCUT2D eigenvalue weighted by Gasteiger charge is 2.08. The van der Waals surface area contributed by atoms with E-state index in [0.717, 1.165) is 0 Å². The van der Waals surface area contributed by atoms with Gasteiger partial charge in [-0.1, -0.05) is 30.3 Å². The molecule has 2 rings (SSSR count). The molecule has 0 unspecified atom stereocenters. The smallest absolute Gasteiger partial charge is 0.224 e. The summed E-state index contributed by atoms with van der Waals surface area (Å²) in [6.45, 7) is 0. The Balaban J connectivity index is 1.83. The lowest BCUT2D eigenvalue weighted by molar-refractivity contribution is -0.116. The highest BCUT2D eigenvalue weighted by atomic mass is 16.2. The lowest BCUT2D eigenvalue weighted by atomic mass is 10.1. The summed E-state index contributed by atoms with van der Waals surface area (Å²) in [4.78, 5) is 27.3. The summed E-state index contributed by atoms with van der Waals surface area (Å²) in [6.07, 6.45) is 3.59. The summed E-state index contributed by atoms with van der Waals surface area (Å²) in [5, 5.41) is 2.72. The Morgan fingerprint density at radius 2 is 1.63 bits per heavy atom. The molecule has 19 heavy (non-hydrogen) atoms. The van der Waals surface area contributed by atoms with Crippen molar-refractivity contribution in [3.8, 4) is 0 Å². The van der Waals surface area contributed by atoms with Gasteiger partial charge in [0.05, 0.1) is 0 Å². The van der Waals surface area contributed by atoms with Crippen LogP contribution in [0.3, 0.4) is 0 Å². The number of carbonyl (C=O) groups is 2. The standard InChI is InChI=1S/C15H14N2O2/c18-14(12-4-2-1-3-5-12)6-7-15(19)17-13-8-10-16-11-9-13/h1-5,8-11H,6-7H2,(H,16,17,19). The highest BCUT2D eigenvalue weighted by molar-refractivity contribution is 5.99. The fourth-order valence-corrected chi connectivity index (χ4v) is 1.65. The van der Waals surface area contributed by atoms with Crippen molar-refractivity contribution in [1.82, 2.24) is 4.98 Å². The summed E-state index contributed by atoms with van der Waals surface area (Å²) in [5.41, 5.74) is 1.33. The minimum Gasteiger partial charge on any atom is -0.326 e. The quantitative estimate of drug-likeness (QED) is 0.834. The van der Waals surface area contributed by atoms with Crippen LogP contribution in [-0.2, 0) is 4.79 Å². The van der Waals surface area contributed by atoms with E-state index in [2.05, 4.69) is 10.3 Å². The molecular formula is C15H14N2O2. The molecule has 0 fully saturated rings. The largest absolute Gasteiger partial charge is 0.326 e. The number of hydrogen-bond donors (Lipinski definition) is 1. The van der Waals surface area contributed by atoms with Gasteiger partial charge < -0.3 is 5.32 Å². The average molecular weight is 254 g/mol. The number of nitrogens with zero attached hydrogens (tertiary/aromatic N) is 1. The number of rotatable bonds is 5. The summed E-state index contributed by atoms with van der Waals surface area (Å²) >= 11 is 0. The first-order chi connectivity index (χ1) is 9.25. The van der Waals surface area contributed by atoms with Gasteiger partial charge in [-0.2, -0.15) is 0 Å². The first-order valence-corrected chi connectivity index (χ1v) is 6.04. The maximum Gasteiger partial charge on any atom is 0.224 e. The molecule has 4 nitrogen and oxygen atoms in total. The molecule has 4 heteroatoms. The molecule has 1 amide bonds. The Hall–Kier alpha value is -2.49. The van der Waals surface area contributed by atoms with Gasteiger partial charge in [0.15, 0.2) is 5.78 Å². The van der Waals surface area contributed by atoms with Crippen LogP contribution in [0.1, 0.15) is 23.2 Å². The van der Waals surface area contributed by atoms with Crippen molar-refractivity contribution in [1.29, 1.82) is 0 Å². The zero-order chi connectivity index (χ0) is 13.5. The van der Waals surface area contributed by atoms with Crippen molar-refractivity contribution in [3.05, 3.63) is 60.4 Å². The summed E-state index contributed by atoms with van der Waals surface area (Å²) in [6, 6.07) is 12.4. The molecule has 0 radical (unpaired) electrons. The molecule has 0 aliphatic rings. The van der Waals surface area contributed by atoms with E-state index in [1.54, 1.807) is 36.7 Å². The molecule has 0 atom stereocenters. The molecule has 96 valence electrons. The molecule has 0 bridgehead atoms. The maximum atomic E-state index is 11.8. The topological polar surface area (TPSA) is 59.1 Å². The van der Waals surface area contributed by atoms with Crippen LogP contribution in [0.4, 0.5) is 5.69 Å². The number of anilines is 1. The van der Waals surface area contributed by atoms with Crippen molar-refractivity contribution in [2.24, 2.45) is 0 Å². The Labute approximate surface area is 111 Å². The molecule has 0 saturated carbocycles. The van der Waals surface area contributed by atoms with Crippen LogP contribution >= 0.6 is 0 Å². The lowest BCUT2D eigenvalue weighted by Gasteiger charge is -2.04. The second kappa shape index (κ2) is 6.44. The number of Topliss-reactive ketones (excluding diaryl/α,β-unsaturated/α-hetero) is 1. The number of pyridine rings is 1. The van der Waals surface area contributed by atoms with Crippen LogP contribution in [0.25, 0.3) is 0 Å². The van der Waals surface area contributed by atoms with E-state index in [-0.39, 0.29) is 24.5 Å². The molecule has 0 aliphatic carbocycles. The van der Waals surface area contributed by atoms with Gasteiger partial charge in [-0.3, -0.25) is 14.6 Å². The molecule has 0 aliphatic heterocycles. The first-order valence-electron chi connectivity index (χ1n) is 6.04. The highest BCUT2D eigenvalue weighted by Crippen LogP contribution is 2.08. The molecule has 0 saturated heterocycles. The number of benzene rings is 1. The van der Waals surface area contributed by atoms with Gasteiger partial charge in [0, 0.05) is 36.5 Å². The van der Waals surface area contributed by atoms with E-state index in [1.165, 1.54) is 0 Å². The number of aromatic nitrogens is 1. The minimum atomic E-state index is -0.171. The van der Waals surface area contributed by atoms with E-state index in [0.29, 0.717) is 11.3 Å². The molecule has 2 aromatic rings. The van der Waals surface area contributed by atoms with Crippen molar-refractivity contribution >= 4 is 17.4 Å². The molecular weight excluding hydrogens is 240 g/mol. The van der Waals surface area contributed by atoms with E-state index in [9.17, 15) is 9.59 Å². The van der Waals surface area contributed by atoms with Crippen molar-refractivity contribution in [2.75, 3.05) is 5.32 Å². The summed E-state index contributed by atoms with van der Waals surface area (Å²) < 4.78 is 0. The van der Waals surface area contributed by atoms with Gasteiger partial charge in [-0.05, 0) is 12.1 Å². The molecule has 1 aromatic carbocycles. The predicted octanol–water partition coefficient (Wildman–Crippen LogP) is 2.68. The zero-order valence-electron chi connectivity index (χ0n) is 10.4. The third kappa shape index (κ3) is 4.03. The van der Waals surface area contributed by atoms with Gasteiger partial charge in [0.25, 0.3) is 0 Å². The van der Waals surface area contributed by atoms with E-state index >= 15 is 0 Å². The predicted molar refractivity (Wildman–Crippen MR) is 72.9 cm³/mol. The molecule has 1 aromatic heterocycles. The van der Waals surface area contributed by atoms with Gasteiger partial charge >= 0.3 is 0 Å². The maximum absolute atomic E-state index is 11.8. The fraction of sp³-hybridized carbons (Fsp3) is 0.133. The second-order valence-electron chi connectivity index (χ2n) is 4.07. The first kappa shape index (κ1) is 13.0. The van der Waals surface area contributed by atoms with Crippen LogP contribution in [0.2, 0.25) is 0 Å². The minimum absolute atomic E-state index is 0.0227. The Morgan fingerprint density at radius 3 is 2.32 bits per heavy atom. The monoisotopic (exact) mass is 254 g/mol. The van der Waals surface area contributed by atoms with Crippen LogP contribution in [-0.4, -0.2) is 16.7 Å². The SMILES string of the molecule is O=C(CCC(=O)c1ccccc1)Nc1ccncc1. The number of nitrogens with one attached hydrogen (secondary N) is 1. The van der Waals surface area contributed by atoms with Crippen molar-refractivity contribution in [2.45, 2.75) is 12.8 Å². The number of hydrogen-bond acceptors (Lipinski definition) is 3. The van der Waals surface area contributed by atoms with Gasteiger partial charge in [-0.15, -0.1) is 0 Å². The average Bonchev–Trinajstić information content (AvgIpc) is 2.47. The van der Waals surface area contributed by atoms with Crippen molar-refractivity contribution in [3.63, 3.8) is 0 Å². The lowest BCUT2D eigenvalue weighted by Crippen LogP contribution is -2.13. The number of amides is 1. The molecule has 1 heterocycles. The molecule has 0 spiro atoms. The van der Waals surface area contributed by atoms with Crippen LogP contribution in [0.5, 0.6) is 0 Å². The summed E-state index contributed by atoms with van der Waals surface area (Å²) in [5.74, 6) is -0.194. The molecule has 1 N–H and O–H groups in total. The van der Waals surface area contributed by atoms with Crippen LogP contribution in [0, 0.1) is 0 Å². The fourth-order valence-electron chi connectivity index (χ4n) is 1.65. The Kier molecular flexibility index (Phi) is 4.39. The Morgan fingerprint density at radius 1 is 0.947 bits per heavy atom. The normalized spacial score (nSPS) is 9.89.